The molecule has 0 aliphatic rings. The van der Waals surface area contributed by atoms with Crippen molar-refractivity contribution in [3.63, 3.8) is 0 Å². The number of aromatic nitrogens is 2. The maximum Gasteiger partial charge on any atom is 0.251 e. The van der Waals surface area contributed by atoms with E-state index in [2.05, 4.69) is 15.1 Å². The maximum absolute atomic E-state index is 11.4. The molecule has 1 aromatic heterocycles. The summed E-state index contributed by atoms with van der Waals surface area (Å²) in [7, 11) is 0. The van der Waals surface area contributed by atoms with Crippen LogP contribution in [0.4, 0.5) is 0 Å². The van der Waals surface area contributed by atoms with Crippen molar-refractivity contribution >= 4 is 29.2 Å². The van der Waals surface area contributed by atoms with E-state index in [-0.39, 0.29) is 11.4 Å². The van der Waals surface area contributed by atoms with Gasteiger partial charge in [0.05, 0.1) is 5.02 Å². The number of nitrogens with two attached hydrogens (primary N) is 1. The van der Waals surface area contributed by atoms with E-state index >= 15 is 0 Å². The van der Waals surface area contributed by atoms with Crippen molar-refractivity contribution in [2.45, 2.75) is 17.0 Å². The summed E-state index contributed by atoms with van der Waals surface area (Å²) in [5.74, 6) is -0.0227. The van der Waals surface area contributed by atoms with Gasteiger partial charge in [-0.1, -0.05) is 28.5 Å². The van der Waals surface area contributed by atoms with Gasteiger partial charge in [0.25, 0.3) is 5.56 Å². The number of benzene rings is 1. The second kappa shape index (κ2) is 5.98. The molecule has 2 rings (SSSR count). The zero-order valence-corrected chi connectivity index (χ0v) is 12.0. The summed E-state index contributed by atoms with van der Waals surface area (Å²) >= 11 is 7.36. The van der Waals surface area contributed by atoms with Crippen molar-refractivity contribution in [2.75, 3.05) is 0 Å². The molecule has 0 atom stereocenters. The Morgan fingerprint density at radius 1 is 1.50 bits per heavy atom. The normalized spacial score (nSPS) is 11.6. The highest BCUT2D eigenvalue weighted by Crippen LogP contribution is 2.31. The molecule has 0 radical (unpaired) electrons. The highest BCUT2D eigenvalue weighted by molar-refractivity contribution is 7.99. The number of rotatable bonds is 3. The third-order valence-corrected chi connectivity index (χ3v) is 3.78. The topological polar surface area (TPSA) is 104 Å². The Balaban J connectivity index is 2.32. The number of hydrogen-bond acceptors (Lipinski definition) is 5. The lowest BCUT2D eigenvalue weighted by Crippen LogP contribution is -2.12. The fourth-order valence-corrected chi connectivity index (χ4v) is 2.64. The summed E-state index contributed by atoms with van der Waals surface area (Å²) in [5, 5.41) is 12.4. The van der Waals surface area contributed by atoms with E-state index in [0.29, 0.717) is 26.3 Å². The fourth-order valence-electron chi connectivity index (χ4n) is 1.50. The number of aryl methyl sites for hydroxylation is 1. The molecule has 0 saturated heterocycles. The minimum atomic E-state index is -0.218. The molecule has 0 unspecified atom stereocenters. The first-order chi connectivity index (χ1) is 9.49. The van der Waals surface area contributed by atoms with E-state index in [1.54, 1.807) is 25.1 Å². The van der Waals surface area contributed by atoms with Crippen LogP contribution in [0, 0.1) is 6.92 Å². The zero-order valence-electron chi connectivity index (χ0n) is 10.4. The maximum atomic E-state index is 11.4. The van der Waals surface area contributed by atoms with Gasteiger partial charge in [-0.3, -0.25) is 4.79 Å². The molecular weight excluding hydrogens is 300 g/mol. The molecule has 6 nitrogen and oxygen atoms in total. The van der Waals surface area contributed by atoms with E-state index in [1.807, 2.05) is 0 Å². The smallest absolute Gasteiger partial charge is 0.251 e. The van der Waals surface area contributed by atoms with Crippen LogP contribution in [0.3, 0.4) is 0 Å². The minimum Gasteiger partial charge on any atom is -0.409 e. The van der Waals surface area contributed by atoms with Gasteiger partial charge in [-0.05, 0) is 25.1 Å². The largest absolute Gasteiger partial charge is 0.409 e. The van der Waals surface area contributed by atoms with Crippen LogP contribution in [0.25, 0.3) is 0 Å². The Morgan fingerprint density at radius 2 is 2.25 bits per heavy atom. The highest BCUT2D eigenvalue weighted by Gasteiger charge is 2.08. The van der Waals surface area contributed by atoms with Crippen LogP contribution >= 0.6 is 23.4 Å². The number of aromatic amines is 1. The molecule has 1 aromatic carbocycles. The number of hydrogen-bond donors (Lipinski definition) is 3. The molecule has 0 aliphatic heterocycles. The third-order valence-electron chi connectivity index (χ3n) is 2.39. The average molecular weight is 311 g/mol. The van der Waals surface area contributed by atoms with Crippen molar-refractivity contribution in [3.05, 3.63) is 50.9 Å². The Hall–Kier alpha value is -1.99. The van der Waals surface area contributed by atoms with Gasteiger partial charge in [0.15, 0.2) is 11.0 Å². The third kappa shape index (κ3) is 3.31. The van der Waals surface area contributed by atoms with Crippen LogP contribution in [0.5, 0.6) is 0 Å². The Morgan fingerprint density at radius 3 is 2.85 bits per heavy atom. The van der Waals surface area contributed by atoms with Crippen molar-refractivity contribution in [1.29, 1.82) is 0 Å². The number of halogens is 1. The molecule has 1 heterocycles. The van der Waals surface area contributed by atoms with Gasteiger partial charge in [0.1, 0.15) is 0 Å². The molecule has 4 N–H and O–H groups in total. The van der Waals surface area contributed by atoms with Gasteiger partial charge in [0, 0.05) is 22.2 Å². The SMILES string of the molecule is Cc1cc(=O)[nH]c(Sc2ccc(C(N)=NO)cc2Cl)n1. The quantitative estimate of drug-likeness (QED) is 0.264. The lowest BCUT2D eigenvalue weighted by atomic mass is 10.2. The summed E-state index contributed by atoms with van der Waals surface area (Å²) in [5.41, 5.74) is 6.39. The van der Waals surface area contributed by atoms with Crippen molar-refractivity contribution < 1.29 is 5.21 Å². The average Bonchev–Trinajstić information content (AvgIpc) is 2.39. The predicted molar refractivity (Wildman–Crippen MR) is 77.7 cm³/mol. The highest BCUT2D eigenvalue weighted by atomic mass is 35.5. The second-order valence-electron chi connectivity index (χ2n) is 3.92. The van der Waals surface area contributed by atoms with Crippen LogP contribution < -0.4 is 11.3 Å². The van der Waals surface area contributed by atoms with Crippen LogP contribution in [0.2, 0.25) is 5.02 Å². The summed E-state index contributed by atoms with van der Waals surface area (Å²) in [4.78, 5) is 18.9. The summed E-state index contributed by atoms with van der Waals surface area (Å²) in [6.07, 6.45) is 0. The minimum absolute atomic E-state index is 0.0227. The number of H-pyrrole nitrogens is 1. The van der Waals surface area contributed by atoms with Crippen LogP contribution in [-0.4, -0.2) is 21.0 Å². The standard InChI is InChI=1S/C12H11ClN4O2S/c1-6-4-10(18)16-12(15-6)20-9-3-2-7(5-8(9)13)11(14)17-19/h2-5,19H,1H3,(H2,14,17)(H,15,16,18). The first-order valence-electron chi connectivity index (χ1n) is 5.53. The van der Waals surface area contributed by atoms with Crippen molar-refractivity contribution in [1.82, 2.24) is 9.97 Å². The molecular formula is C12H11ClN4O2S. The molecule has 8 heteroatoms. The van der Waals surface area contributed by atoms with Crippen LogP contribution in [-0.2, 0) is 0 Å². The van der Waals surface area contributed by atoms with E-state index < -0.39 is 0 Å². The Bertz CT molecular complexity index is 730. The first kappa shape index (κ1) is 14.4. The molecule has 0 saturated carbocycles. The van der Waals surface area contributed by atoms with Gasteiger partial charge in [-0.25, -0.2) is 4.98 Å². The number of nitrogens with one attached hydrogen (secondary N) is 1. The lowest BCUT2D eigenvalue weighted by molar-refractivity contribution is 0.318. The summed E-state index contributed by atoms with van der Waals surface area (Å²) < 4.78 is 0. The van der Waals surface area contributed by atoms with E-state index in [1.165, 1.54) is 17.8 Å². The molecule has 0 spiro atoms. The van der Waals surface area contributed by atoms with Gasteiger partial charge < -0.3 is 15.9 Å². The van der Waals surface area contributed by atoms with E-state index in [9.17, 15) is 4.79 Å². The van der Waals surface area contributed by atoms with Crippen LogP contribution in [0.1, 0.15) is 11.3 Å². The molecule has 0 amide bonds. The Labute approximate surface area is 123 Å². The summed E-state index contributed by atoms with van der Waals surface area (Å²) in [6, 6.07) is 6.36. The number of nitrogens with zero attached hydrogens (tertiary/aromatic N) is 2. The fraction of sp³-hybridized carbons (Fsp3) is 0.0833. The lowest BCUT2D eigenvalue weighted by Gasteiger charge is -2.06. The van der Waals surface area contributed by atoms with Gasteiger partial charge >= 0.3 is 0 Å². The second-order valence-corrected chi connectivity index (χ2v) is 5.36. The molecule has 0 aliphatic carbocycles. The van der Waals surface area contributed by atoms with E-state index in [4.69, 9.17) is 22.5 Å². The number of oxime groups is 1. The molecule has 2 aromatic rings. The predicted octanol–water partition coefficient (Wildman–Crippen LogP) is 1.98. The van der Waals surface area contributed by atoms with Gasteiger partial charge in [-0.2, -0.15) is 0 Å². The first-order valence-corrected chi connectivity index (χ1v) is 6.72. The van der Waals surface area contributed by atoms with Crippen LogP contribution in [0.15, 0.2) is 44.3 Å². The Kier molecular flexibility index (Phi) is 4.31. The number of amidine groups is 1. The van der Waals surface area contributed by atoms with Crippen molar-refractivity contribution in [3.8, 4) is 0 Å². The van der Waals surface area contributed by atoms with E-state index in [0.717, 1.165) is 0 Å². The molecule has 20 heavy (non-hydrogen) atoms. The molecule has 0 bridgehead atoms. The van der Waals surface area contributed by atoms with Gasteiger partial charge in [0.2, 0.25) is 0 Å². The summed E-state index contributed by atoms with van der Waals surface area (Å²) in [6.45, 7) is 1.74. The van der Waals surface area contributed by atoms with Gasteiger partial charge in [-0.15, -0.1) is 0 Å². The van der Waals surface area contributed by atoms with Crippen molar-refractivity contribution in [2.24, 2.45) is 10.9 Å². The zero-order chi connectivity index (χ0) is 14.7. The molecule has 0 fully saturated rings. The molecule has 104 valence electrons. The monoisotopic (exact) mass is 310 g/mol.